The fraction of sp³-hybridized carbons (Fsp3) is 0. The number of hydrogen-bond acceptors (Lipinski definition) is 5. The number of para-hydroxylation sites is 2. The minimum absolute atomic E-state index is 0.603. The minimum atomic E-state index is 0.603. The van der Waals surface area contributed by atoms with Crippen LogP contribution in [0.3, 0.4) is 0 Å². The van der Waals surface area contributed by atoms with E-state index in [1.807, 2.05) is 53.8 Å². The highest BCUT2D eigenvalue weighted by atomic mass is 32.1. The average Bonchev–Trinajstić information content (AvgIpc) is 3.76. The van der Waals surface area contributed by atoms with Crippen molar-refractivity contribution < 1.29 is 8.83 Å². The molecule has 9 aromatic rings. The summed E-state index contributed by atoms with van der Waals surface area (Å²) in [5.41, 5.74) is 7.21. The van der Waals surface area contributed by atoms with Crippen LogP contribution in [0.4, 0.5) is 17.1 Å². The molecular formula is C37H22N2O2S. The quantitative estimate of drug-likeness (QED) is 0.215. The van der Waals surface area contributed by atoms with E-state index in [9.17, 15) is 0 Å². The van der Waals surface area contributed by atoms with E-state index < -0.39 is 0 Å². The summed E-state index contributed by atoms with van der Waals surface area (Å²) in [4.78, 5) is 7.12. The van der Waals surface area contributed by atoms with Gasteiger partial charge in [0.25, 0.3) is 0 Å². The Morgan fingerprint density at radius 3 is 2.12 bits per heavy atom. The normalized spacial score (nSPS) is 11.8. The molecule has 0 unspecified atom stereocenters. The molecule has 0 bridgehead atoms. The van der Waals surface area contributed by atoms with Gasteiger partial charge in [0.15, 0.2) is 11.2 Å². The second-order valence-electron chi connectivity index (χ2n) is 10.4. The maximum atomic E-state index is 6.68. The van der Waals surface area contributed by atoms with Gasteiger partial charge in [-0.15, -0.1) is 11.3 Å². The number of oxazole rings is 1. The van der Waals surface area contributed by atoms with Crippen LogP contribution in [0.5, 0.6) is 0 Å². The maximum absolute atomic E-state index is 6.68. The largest absolute Gasteiger partial charge is 0.454 e. The molecule has 0 aliphatic rings. The summed E-state index contributed by atoms with van der Waals surface area (Å²) >= 11 is 1.82. The zero-order valence-electron chi connectivity index (χ0n) is 22.3. The van der Waals surface area contributed by atoms with Crippen molar-refractivity contribution in [2.75, 3.05) is 4.90 Å². The van der Waals surface area contributed by atoms with Gasteiger partial charge in [-0.1, -0.05) is 78.9 Å². The van der Waals surface area contributed by atoms with E-state index in [1.54, 1.807) is 0 Å². The summed E-state index contributed by atoms with van der Waals surface area (Å²) in [6, 6.07) is 46.0. The van der Waals surface area contributed by atoms with Crippen molar-refractivity contribution in [2.45, 2.75) is 0 Å². The molecule has 42 heavy (non-hydrogen) atoms. The molecule has 0 atom stereocenters. The standard InChI is InChI=1S/C37H22N2O2S/c1-3-11-23(12-4-1)37-38-28-21-22-31-33(35(28)41-37)27-17-10-18-29(34(27)40-31)39(24-13-5-2-6-14-24)30-19-9-16-26-25-15-7-8-20-32(25)42-36(26)30/h1-22H. The number of furan rings is 1. The number of rotatable bonds is 4. The Morgan fingerprint density at radius 2 is 1.26 bits per heavy atom. The summed E-state index contributed by atoms with van der Waals surface area (Å²) in [6.45, 7) is 0. The molecule has 0 aliphatic carbocycles. The Kier molecular flexibility index (Phi) is 5.03. The summed E-state index contributed by atoms with van der Waals surface area (Å²) in [5, 5.41) is 4.46. The van der Waals surface area contributed by atoms with Crippen molar-refractivity contribution in [1.29, 1.82) is 0 Å². The van der Waals surface area contributed by atoms with Gasteiger partial charge >= 0.3 is 0 Å². The molecule has 0 aliphatic heterocycles. The second-order valence-corrected chi connectivity index (χ2v) is 11.4. The van der Waals surface area contributed by atoms with E-state index >= 15 is 0 Å². The first-order chi connectivity index (χ1) is 20.8. The van der Waals surface area contributed by atoms with Crippen LogP contribution in [0, 0.1) is 0 Å². The third-order valence-electron chi connectivity index (χ3n) is 7.90. The topological polar surface area (TPSA) is 42.4 Å². The van der Waals surface area contributed by atoms with Gasteiger partial charge in [0, 0.05) is 32.1 Å². The van der Waals surface area contributed by atoms with Crippen LogP contribution in [0.2, 0.25) is 0 Å². The van der Waals surface area contributed by atoms with Crippen molar-refractivity contribution in [1.82, 2.24) is 4.98 Å². The van der Waals surface area contributed by atoms with Gasteiger partial charge in [-0.3, -0.25) is 0 Å². The van der Waals surface area contributed by atoms with Crippen LogP contribution in [0.15, 0.2) is 142 Å². The van der Waals surface area contributed by atoms with Crippen molar-refractivity contribution in [3.05, 3.63) is 133 Å². The zero-order chi connectivity index (χ0) is 27.6. The molecule has 0 fully saturated rings. The number of aromatic nitrogens is 1. The minimum Gasteiger partial charge on any atom is -0.454 e. The van der Waals surface area contributed by atoms with Gasteiger partial charge in [0.2, 0.25) is 5.89 Å². The van der Waals surface area contributed by atoms with Crippen molar-refractivity contribution in [3.63, 3.8) is 0 Å². The maximum Gasteiger partial charge on any atom is 0.227 e. The van der Waals surface area contributed by atoms with Gasteiger partial charge in [-0.2, -0.15) is 0 Å². The molecule has 0 N–H and O–H groups in total. The van der Waals surface area contributed by atoms with Crippen LogP contribution >= 0.6 is 11.3 Å². The van der Waals surface area contributed by atoms with E-state index in [0.29, 0.717) is 5.89 Å². The molecule has 6 aromatic carbocycles. The van der Waals surface area contributed by atoms with Crippen LogP contribution in [-0.2, 0) is 0 Å². The molecule has 0 saturated carbocycles. The van der Waals surface area contributed by atoms with E-state index in [2.05, 4.69) is 95.9 Å². The number of hydrogen-bond donors (Lipinski definition) is 0. The lowest BCUT2D eigenvalue weighted by Crippen LogP contribution is -2.10. The number of thiophene rings is 1. The third-order valence-corrected chi connectivity index (χ3v) is 9.10. The molecule has 0 spiro atoms. The van der Waals surface area contributed by atoms with Crippen LogP contribution in [-0.4, -0.2) is 4.98 Å². The molecule has 9 rings (SSSR count). The number of fused-ring (bicyclic) bond motifs is 8. The Morgan fingerprint density at radius 1 is 0.548 bits per heavy atom. The van der Waals surface area contributed by atoms with Gasteiger partial charge in [0.05, 0.1) is 21.5 Å². The third kappa shape index (κ3) is 3.44. The van der Waals surface area contributed by atoms with Crippen LogP contribution in [0.25, 0.3) is 64.7 Å². The van der Waals surface area contributed by atoms with E-state index in [-0.39, 0.29) is 0 Å². The SMILES string of the molecule is c1ccc(-c2nc3ccc4oc5c(N(c6ccccc6)c6cccc7c6sc6ccccc67)cccc5c4c3o2)cc1. The van der Waals surface area contributed by atoms with Crippen molar-refractivity contribution in [3.8, 4) is 11.5 Å². The van der Waals surface area contributed by atoms with Gasteiger partial charge in [-0.05, 0) is 54.6 Å². The van der Waals surface area contributed by atoms with E-state index in [4.69, 9.17) is 13.8 Å². The first-order valence-corrected chi connectivity index (χ1v) is 14.7. The molecule has 4 nitrogen and oxygen atoms in total. The fourth-order valence-corrected chi connectivity index (χ4v) is 7.23. The Hall–Kier alpha value is -5.39. The van der Waals surface area contributed by atoms with Crippen LogP contribution in [0.1, 0.15) is 0 Å². The van der Waals surface area contributed by atoms with Crippen molar-refractivity contribution in [2.24, 2.45) is 0 Å². The molecule has 198 valence electrons. The highest BCUT2D eigenvalue weighted by Crippen LogP contribution is 2.48. The van der Waals surface area contributed by atoms with E-state index in [0.717, 1.165) is 55.7 Å². The van der Waals surface area contributed by atoms with Crippen molar-refractivity contribution >= 4 is 81.6 Å². The number of nitrogens with zero attached hydrogens (tertiary/aromatic N) is 2. The fourth-order valence-electron chi connectivity index (χ4n) is 6.03. The molecule has 0 amide bonds. The predicted octanol–water partition coefficient (Wildman–Crippen LogP) is 11.2. The lowest BCUT2D eigenvalue weighted by atomic mass is 10.1. The zero-order valence-corrected chi connectivity index (χ0v) is 23.1. The monoisotopic (exact) mass is 558 g/mol. The molecule has 0 saturated heterocycles. The summed E-state index contributed by atoms with van der Waals surface area (Å²) in [6.07, 6.45) is 0. The number of benzene rings is 6. The van der Waals surface area contributed by atoms with Gasteiger partial charge in [0.1, 0.15) is 11.1 Å². The highest BCUT2D eigenvalue weighted by molar-refractivity contribution is 7.26. The lowest BCUT2D eigenvalue weighted by Gasteiger charge is -2.26. The Bertz CT molecular complexity index is 2420. The highest BCUT2D eigenvalue weighted by Gasteiger charge is 2.23. The molecule has 3 heterocycles. The lowest BCUT2D eigenvalue weighted by molar-refractivity contribution is 0.622. The summed E-state index contributed by atoms with van der Waals surface area (Å²) < 4.78 is 15.6. The van der Waals surface area contributed by atoms with Gasteiger partial charge in [-0.25, -0.2) is 4.98 Å². The molecule has 0 radical (unpaired) electrons. The number of anilines is 3. The second kappa shape index (κ2) is 9.06. The molecule has 5 heteroatoms. The predicted molar refractivity (Wildman–Crippen MR) is 174 cm³/mol. The molecule has 3 aromatic heterocycles. The Balaban J connectivity index is 1.33. The molecular weight excluding hydrogens is 536 g/mol. The summed E-state index contributed by atoms with van der Waals surface area (Å²) in [7, 11) is 0. The first kappa shape index (κ1) is 23.3. The van der Waals surface area contributed by atoms with Gasteiger partial charge < -0.3 is 13.7 Å². The van der Waals surface area contributed by atoms with E-state index in [1.165, 1.54) is 20.2 Å². The summed E-state index contributed by atoms with van der Waals surface area (Å²) in [5.74, 6) is 0.603. The first-order valence-electron chi connectivity index (χ1n) is 13.9. The average molecular weight is 559 g/mol. The van der Waals surface area contributed by atoms with Crippen LogP contribution < -0.4 is 4.90 Å². The Labute approximate surface area is 244 Å². The smallest absolute Gasteiger partial charge is 0.227 e.